The molecule has 0 saturated carbocycles. The zero-order chi connectivity index (χ0) is 33.9. The van der Waals surface area contributed by atoms with E-state index < -0.39 is 11.9 Å². The van der Waals surface area contributed by atoms with Gasteiger partial charge < -0.3 is 39.9 Å². The third kappa shape index (κ3) is 4.90. The quantitative estimate of drug-likeness (QED) is 0.129. The number of fused-ring (bicyclic) bond motifs is 8. The number of aromatic amines is 2. The van der Waals surface area contributed by atoms with E-state index in [1.54, 1.807) is 48.8 Å². The van der Waals surface area contributed by atoms with Gasteiger partial charge in [-0.3, -0.25) is 0 Å². The van der Waals surface area contributed by atoms with Gasteiger partial charge in [-0.05, 0) is 72.8 Å². The summed E-state index contributed by atoms with van der Waals surface area (Å²) in [5, 5.41) is 25.0. The van der Waals surface area contributed by atoms with Crippen molar-refractivity contribution < 1.29 is 19.8 Å². The number of benzene rings is 4. The molecule has 244 valence electrons. The van der Waals surface area contributed by atoms with Crippen molar-refractivity contribution in [3.8, 4) is 34.2 Å². The second-order valence-electron chi connectivity index (χ2n) is 11.8. The number of rotatable bonds is 4. The smallest absolute Gasteiger partial charge is 0.335 e. The third-order valence-corrected chi connectivity index (χ3v) is 8.83. The van der Waals surface area contributed by atoms with Gasteiger partial charge in [0.15, 0.2) is 0 Å². The van der Waals surface area contributed by atoms with Crippen LogP contribution in [0.1, 0.15) is 32.4 Å². The molecule has 4 aromatic carbocycles. The molecule has 14 nitrogen and oxygen atoms in total. The number of nitrogens with zero attached hydrogens (tertiary/aromatic N) is 6. The van der Waals surface area contributed by atoms with Crippen LogP contribution in [0.4, 0.5) is 11.4 Å². The van der Waals surface area contributed by atoms with Gasteiger partial charge in [0.05, 0.1) is 69.0 Å². The molecule has 0 saturated heterocycles. The number of carboxylic acid groups (broad SMARTS) is 2. The maximum absolute atomic E-state index is 11.1. The average molecular weight is 663 g/mol. The summed E-state index contributed by atoms with van der Waals surface area (Å²) in [5.41, 5.74) is 9.35. The van der Waals surface area contributed by atoms with Crippen LogP contribution in [-0.2, 0) is 13.1 Å². The van der Waals surface area contributed by atoms with Gasteiger partial charge in [-0.25, -0.2) is 29.5 Å². The minimum Gasteiger partial charge on any atom is -0.478 e. The molecule has 0 amide bonds. The Labute approximate surface area is 282 Å². The van der Waals surface area contributed by atoms with Crippen LogP contribution in [0.25, 0.3) is 56.2 Å². The van der Waals surface area contributed by atoms with Crippen LogP contribution in [0.15, 0.2) is 97.6 Å². The van der Waals surface area contributed by atoms with Crippen molar-refractivity contribution >= 4 is 45.4 Å². The second kappa shape index (κ2) is 11.2. The number of nitrogens with one attached hydrogen (secondary N) is 4. The lowest BCUT2D eigenvalue weighted by atomic mass is 10.1. The predicted molar refractivity (Wildman–Crippen MR) is 186 cm³/mol. The number of carboxylic acids is 2. The first-order chi connectivity index (χ1) is 24.4. The van der Waals surface area contributed by atoms with Gasteiger partial charge in [0.2, 0.25) is 0 Å². The van der Waals surface area contributed by atoms with E-state index >= 15 is 0 Å². The molecule has 0 radical (unpaired) electrons. The Morgan fingerprint density at radius 3 is 1.50 bits per heavy atom. The molecule has 6 N–H and O–H groups in total. The first-order valence-corrected chi connectivity index (χ1v) is 15.7. The highest BCUT2D eigenvalue weighted by molar-refractivity contribution is 5.94. The van der Waals surface area contributed by atoms with E-state index in [0.29, 0.717) is 35.8 Å². The highest BCUT2D eigenvalue weighted by atomic mass is 16.4. The molecule has 0 spiro atoms. The highest BCUT2D eigenvalue weighted by Crippen LogP contribution is 2.33. The summed E-state index contributed by atoms with van der Waals surface area (Å²) in [7, 11) is 0. The molecule has 8 aromatic rings. The van der Waals surface area contributed by atoms with Gasteiger partial charge in [0.1, 0.15) is 23.3 Å². The number of anilines is 2. The maximum atomic E-state index is 11.1. The van der Waals surface area contributed by atoms with Gasteiger partial charge in [0, 0.05) is 35.9 Å². The first-order valence-electron chi connectivity index (χ1n) is 15.7. The van der Waals surface area contributed by atoms with Crippen molar-refractivity contribution in [3.63, 3.8) is 0 Å². The molecular formula is C36H26N10O4. The van der Waals surface area contributed by atoms with Crippen LogP contribution in [-0.4, -0.2) is 61.2 Å². The number of imidazole rings is 4. The fourth-order valence-electron chi connectivity index (χ4n) is 6.35. The van der Waals surface area contributed by atoms with Crippen molar-refractivity contribution in [2.75, 3.05) is 10.6 Å². The van der Waals surface area contributed by atoms with Gasteiger partial charge in [-0.15, -0.1) is 0 Å². The fraction of sp³-hybridized carbons (Fsp3) is 0.0556. The standard InChI is InChI=1S/2C18H13N5O2/c2*24-18(25)11-1-3-12-13(8-11)22-17(21-12)10-2-4-15-14(7-10)20-9-16-19-5-6-23(15)16/h2*1-8,20H,9H2,(H,21,22)(H,24,25). The van der Waals surface area contributed by atoms with E-state index in [2.05, 4.69) is 49.7 Å². The van der Waals surface area contributed by atoms with E-state index in [-0.39, 0.29) is 11.1 Å². The lowest BCUT2D eigenvalue weighted by Crippen LogP contribution is -2.15. The molecule has 2 aliphatic rings. The maximum Gasteiger partial charge on any atom is 0.335 e. The molecular weight excluding hydrogens is 636 g/mol. The molecule has 6 heterocycles. The SMILES string of the molecule is O=C(O)c1ccc2nc(-c3ccc4c(c3)NCc3nccn3-4)[nH]c2c1.O=C(O)c1ccc2nc(-c3ccc4c(c3)NCc3nccn3-4)[nH]c2c1. The zero-order valence-electron chi connectivity index (χ0n) is 26.0. The Balaban J connectivity index is 0.000000135. The third-order valence-electron chi connectivity index (χ3n) is 8.83. The summed E-state index contributed by atoms with van der Waals surface area (Å²) < 4.78 is 4.13. The topological polar surface area (TPSA) is 192 Å². The summed E-state index contributed by atoms with van der Waals surface area (Å²) in [5.74, 6) is 1.46. The molecule has 2 aliphatic heterocycles. The summed E-state index contributed by atoms with van der Waals surface area (Å²) in [6.45, 7) is 1.34. The van der Waals surface area contributed by atoms with Crippen molar-refractivity contribution in [1.82, 2.24) is 39.0 Å². The van der Waals surface area contributed by atoms with Crippen molar-refractivity contribution in [2.24, 2.45) is 0 Å². The molecule has 0 atom stereocenters. The Bertz CT molecular complexity index is 2460. The number of hydrogen-bond acceptors (Lipinski definition) is 8. The van der Waals surface area contributed by atoms with Crippen LogP contribution in [0, 0.1) is 0 Å². The minimum absolute atomic E-state index is 0.238. The molecule has 10 rings (SSSR count). The van der Waals surface area contributed by atoms with Gasteiger partial charge >= 0.3 is 11.9 Å². The normalized spacial score (nSPS) is 12.5. The first kappa shape index (κ1) is 29.0. The Hall–Kier alpha value is -7.22. The van der Waals surface area contributed by atoms with Crippen LogP contribution >= 0.6 is 0 Å². The van der Waals surface area contributed by atoms with Crippen LogP contribution < -0.4 is 10.6 Å². The lowest BCUT2D eigenvalue weighted by molar-refractivity contribution is 0.0686. The molecule has 4 aromatic heterocycles. The van der Waals surface area contributed by atoms with Crippen molar-refractivity contribution in [3.05, 3.63) is 120 Å². The molecule has 50 heavy (non-hydrogen) atoms. The van der Waals surface area contributed by atoms with E-state index in [9.17, 15) is 9.59 Å². The molecule has 14 heteroatoms. The van der Waals surface area contributed by atoms with E-state index in [4.69, 9.17) is 10.2 Å². The fourth-order valence-corrected chi connectivity index (χ4v) is 6.35. The monoisotopic (exact) mass is 662 g/mol. The minimum atomic E-state index is -0.952. The molecule has 0 unspecified atom stereocenters. The predicted octanol–water partition coefficient (Wildman–Crippen LogP) is 6.08. The van der Waals surface area contributed by atoms with Crippen molar-refractivity contribution in [1.29, 1.82) is 0 Å². The summed E-state index contributed by atoms with van der Waals surface area (Å²) in [6.07, 6.45) is 7.48. The number of H-pyrrole nitrogens is 2. The number of hydrogen-bond donors (Lipinski definition) is 6. The number of aromatic nitrogens is 8. The molecule has 0 aliphatic carbocycles. The van der Waals surface area contributed by atoms with Gasteiger partial charge in [-0.1, -0.05) is 0 Å². The summed E-state index contributed by atoms with van der Waals surface area (Å²) in [4.78, 5) is 46.4. The summed E-state index contributed by atoms with van der Waals surface area (Å²) >= 11 is 0. The van der Waals surface area contributed by atoms with Crippen LogP contribution in [0.5, 0.6) is 0 Å². The van der Waals surface area contributed by atoms with Crippen LogP contribution in [0.2, 0.25) is 0 Å². The Morgan fingerprint density at radius 2 is 1.06 bits per heavy atom. The zero-order valence-corrected chi connectivity index (χ0v) is 26.0. The Morgan fingerprint density at radius 1 is 0.600 bits per heavy atom. The highest BCUT2D eigenvalue weighted by Gasteiger charge is 2.19. The Kier molecular flexibility index (Phi) is 6.48. The largest absolute Gasteiger partial charge is 0.478 e. The lowest BCUT2D eigenvalue weighted by Gasteiger charge is -2.20. The van der Waals surface area contributed by atoms with E-state index in [1.165, 1.54) is 0 Å². The average Bonchev–Trinajstić information content (AvgIpc) is 3.96. The van der Waals surface area contributed by atoms with E-state index in [0.717, 1.165) is 56.6 Å². The van der Waals surface area contributed by atoms with E-state index in [1.807, 2.05) is 48.8 Å². The molecule has 0 bridgehead atoms. The molecule has 0 fully saturated rings. The summed E-state index contributed by atoms with van der Waals surface area (Å²) in [6, 6.07) is 21.9. The van der Waals surface area contributed by atoms with Crippen molar-refractivity contribution in [2.45, 2.75) is 13.1 Å². The number of carbonyl (C=O) groups is 2. The van der Waals surface area contributed by atoms with Crippen LogP contribution in [0.3, 0.4) is 0 Å². The van der Waals surface area contributed by atoms with Gasteiger partial charge in [0.25, 0.3) is 0 Å². The van der Waals surface area contributed by atoms with Gasteiger partial charge in [-0.2, -0.15) is 0 Å². The second-order valence-corrected chi connectivity index (χ2v) is 11.8. The number of aromatic carboxylic acids is 2.